The molecule has 0 radical (unpaired) electrons. The van der Waals surface area contributed by atoms with Crippen LogP contribution >= 0.6 is 34.5 Å². The molecule has 6 N–H and O–H groups in total. The van der Waals surface area contributed by atoms with Gasteiger partial charge in [-0.1, -0.05) is 42.3 Å². The second-order valence-electron chi connectivity index (χ2n) is 9.33. The molecule has 0 saturated heterocycles. The minimum Gasteiger partial charge on any atom is -0.393 e. The Morgan fingerprint density at radius 1 is 1.31 bits per heavy atom. The van der Waals surface area contributed by atoms with E-state index in [0.717, 1.165) is 11.3 Å². The highest BCUT2D eigenvalue weighted by Crippen LogP contribution is 2.42. The fourth-order valence-corrected chi connectivity index (χ4v) is 6.39. The number of nitrogens with two attached hydrogens (primary N) is 1. The Bertz CT molecular complexity index is 1470. The Hall–Kier alpha value is -2.20. The molecular formula is C24H26Cl2N4O7S2. The van der Waals surface area contributed by atoms with Crippen molar-refractivity contribution in [1.82, 2.24) is 9.97 Å². The van der Waals surface area contributed by atoms with Crippen molar-refractivity contribution >= 4 is 56.4 Å². The first kappa shape index (κ1) is 29.8. The predicted molar refractivity (Wildman–Crippen MR) is 146 cm³/mol. The molecule has 0 spiro atoms. The van der Waals surface area contributed by atoms with Crippen molar-refractivity contribution < 1.29 is 32.7 Å². The molecular weight excluding hydrogens is 591 g/mol. The van der Waals surface area contributed by atoms with Crippen molar-refractivity contribution in [2.24, 2.45) is 11.1 Å². The van der Waals surface area contributed by atoms with Crippen molar-refractivity contribution in [3.05, 3.63) is 73.8 Å². The van der Waals surface area contributed by atoms with Crippen molar-refractivity contribution in [3.8, 4) is 0 Å². The van der Waals surface area contributed by atoms with Gasteiger partial charge in [0.1, 0.15) is 16.5 Å². The molecule has 0 amide bonds. The van der Waals surface area contributed by atoms with Gasteiger partial charge in [-0.3, -0.25) is 8.98 Å². The van der Waals surface area contributed by atoms with Crippen LogP contribution in [-0.4, -0.2) is 58.2 Å². The Morgan fingerprint density at radius 2 is 2.05 bits per heavy atom. The smallest absolute Gasteiger partial charge is 0.333 e. The number of thiophene rings is 1. The fourth-order valence-electron chi connectivity index (χ4n) is 4.49. The number of aromatic nitrogens is 2. The number of carbonyl (C=O) groups excluding carboxylic acids is 1. The molecule has 1 aromatic carbocycles. The third-order valence-corrected chi connectivity index (χ3v) is 8.72. The van der Waals surface area contributed by atoms with Gasteiger partial charge in [0.25, 0.3) is 0 Å². The van der Waals surface area contributed by atoms with Gasteiger partial charge < -0.3 is 20.6 Å². The number of hydrogen-bond acceptors (Lipinski definition) is 11. The molecule has 0 unspecified atom stereocenters. The molecule has 4 rings (SSSR count). The maximum absolute atomic E-state index is 13.5. The Kier molecular flexibility index (Phi) is 8.95. The summed E-state index contributed by atoms with van der Waals surface area (Å²) in [6.45, 7) is 1.33. The highest BCUT2D eigenvalue weighted by atomic mass is 35.5. The summed E-state index contributed by atoms with van der Waals surface area (Å²) >= 11 is 13.3. The lowest BCUT2D eigenvalue weighted by Gasteiger charge is -2.29. The minimum absolute atomic E-state index is 0.0280. The number of nitrogens with one attached hydrogen (secondary N) is 1. The Labute approximate surface area is 238 Å². The summed E-state index contributed by atoms with van der Waals surface area (Å²) in [4.78, 5) is 21.7. The largest absolute Gasteiger partial charge is 0.393 e. The van der Waals surface area contributed by atoms with E-state index < -0.39 is 39.8 Å². The maximum Gasteiger partial charge on any atom is 0.333 e. The lowest BCUT2D eigenvalue weighted by atomic mass is 9.88. The Balaban J connectivity index is 1.53. The van der Waals surface area contributed by atoms with Crippen LogP contribution < -0.4 is 10.5 Å². The maximum atomic E-state index is 13.5. The van der Waals surface area contributed by atoms with E-state index in [1.165, 1.54) is 18.6 Å². The second-order valence-corrected chi connectivity index (χ2v) is 12.6. The fraction of sp³-hybridized carbons (Fsp3) is 0.375. The number of nitrogens with zero attached hydrogens (tertiary/aromatic N) is 2. The van der Waals surface area contributed by atoms with Crippen LogP contribution in [0.5, 0.6) is 0 Å². The molecule has 1 aliphatic carbocycles. The molecule has 2 aromatic heterocycles. The topological polar surface area (TPSA) is 185 Å². The Morgan fingerprint density at radius 3 is 2.74 bits per heavy atom. The predicted octanol–water partition coefficient (Wildman–Crippen LogP) is 2.79. The summed E-state index contributed by atoms with van der Waals surface area (Å²) in [5, 5.41) is 40.8. The van der Waals surface area contributed by atoms with E-state index >= 15 is 0 Å². The summed E-state index contributed by atoms with van der Waals surface area (Å²) in [7, 11) is -4.14. The zero-order valence-electron chi connectivity index (χ0n) is 20.5. The number of aliphatic hydroxyl groups is 3. The molecule has 2 heterocycles. The molecule has 11 nitrogen and oxygen atoms in total. The minimum atomic E-state index is -4.14. The second kappa shape index (κ2) is 11.7. The molecule has 39 heavy (non-hydrogen) atoms. The van der Waals surface area contributed by atoms with Gasteiger partial charge in [-0.2, -0.15) is 8.42 Å². The third kappa shape index (κ3) is 6.93. The van der Waals surface area contributed by atoms with Crippen LogP contribution in [0.2, 0.25) is 9.36 Å². The molecule has 1 fully saturated rings. The highest BCUT2D eigenvalue weighted by Gasteiger charge is 2.39. The molecule has 4 atom stereocenters. The molecule has 0 bridgehead atoms. The van der Waals surface area contributed by atoms with Crippen molar-refractivity contribution in [3.63, 3.8) is 0 Å². The normalized spacial score (nSPS) is 20.6. The van der Waals surface area contributed by atoms with Gasteiger partial charge in [-0.05, 0) is 36.6 Å². The van der Waals surface area contributed by atoms with Gasteiger partial charge in [0.15, 0.2) is 5.79 Å². The number of aliphatic hydroxyl groups excluding tert-OH is 1. The molecule has 0 aliphatic heterocycles. The lowest BCUT2D eigenvalue weighted by Crippen LogP contribution is -2.31. The molecule has 15 heteroatoms. The average Bonchev–Trinajstić information content (AvgIpc) is 3.43. The zero-order valence-corrected chi connectivity index (χ0v) is 23.6. The number of anilines is 1. The lowest BCUT2D eigenvalue weighted by molar-refractivity contribution is -0.184. The van der Waals surface area contributed by atoms with E-state index in [1.54, 1.807) is 31.2 Å². The first-order valence-corrected chi connectivity index (χ1v) is 14.8. The highest BCUT2D eigenvalue weighted by molar-refractivity contribution is 7.84. The van der Waals surface area contributed by atoms with Gasteiger partial charge in [0.2, 0.25) is 5.78 Å². The van der Waals surface area contributed by atoms with Crippen LogP contribution in [0, 0.1) is 5.92 Å². The number of benzene rings is 1. The van der Waals surface area contributed by atoms with Gasteiger partial charge in [-0.25, -0.2) is 15.1 Å². The third-order valence-electron chi connectivity index (χ3n) is 6.66. The van der Waals surface area contributed by atoms with E-state index in [1.807, 2.05) is 0 Å². The summed E-state index contributed by atoms with van der Waals surface area (Å²) in [6, 6.07) is 7.66. The van der Waals surface area contributed by atoms with E-state index in [0.29, 0.717) is 17.0 Å². The average molecular weight is 618 g/mol. The van der Waals surface area contributed by atoms with Crippen LogP contribution in [0.4, 0.5) is 5.82 Å². The van der Waals surface area contributed by atoms with E-state index in [-0.39, 0.29) is 45.2 Å². The number of ketones is 1. The molecule has 1 saturated carbocycles. The first-order valence-electron chi connectivity index (χ1n) is 11.7. The van der Waals surface area contributed by atoms with Crippen LogP contribution in [0.3, 0.4) is 0 Å². The van der Waals surface area contributed by atoms with Crippen molar-refractivity contribution in [2.45, 2.75) is 43.6 Å². The summed E-state index contributed by atoms with van der Waals surface area (Å²) < 4.78 is 26.8. The van der Waals surface area contributed by atoms with Crippen LogP contribution in [-0.2, 0) is 20.3 Å². The zero-order chi connectivity index (χ0) is 28.5. The summed E-state index contributed by atoms with van der Waals surface area (Å²) in [5.74, 6) is -4.04. The van der Waals surface area contributed by atoms with Gasteiger partial charge in [-0.15, -0.1) is 11.3 Å². The van der Waals surface area contributed by atoms with E-state index in [2.05, 4.69) is 19.5 Å². The van der Waals surface area contributed by atoms with E-state index in [4.69, 9.17) is 28.3 Å². The van der Waals surface area contributed by atoms with Crippen LogP contribution in [0.25, 0.3) is 0 Å². The molecule has 1 aliphatic rings. The number of carbonyl (C=O) groups is 1. The van der Waals surface area contributed by atoms with E-state index in [9.17, 15) is 28.5 Å². The van der Waals surface area contributed by atoms with Crippen LogP contribution in [0.1, 0.15) is 52.0 Å². The number of halogens is 2. The SMILES string of the molecule is C[C@H](c1cccc(Cl)c1)C(O)(O)c1cc(C(=O)c2cncnc2N[C@@H]2C[C@H](COS(N)(=O)=O)[C@@H](O)C2)sc1Cl. The number of rotatable bonds is 10. The first-order chi connectivity index (χ1) is 18.3. The van der Waals surface area contributed by atoms with Gasteiger partial charge in [0, 0.05) is 34.7 Å². The van der Waals surface area contributed by atoms with Gasteiger partial charge in [0.05, 0.1) is 23.2 Å². The van der Waals surface area contributed by atoms with Crippen LogP contribution in [0.15, 0.2) is 42.9 Å². The van der Waals surface area contributed by atoms with Crippen molar-refractivity contribution in [2.75, 3.05) is 11.9 Å². The monoisotopic (exact) mass is 616 g/mol. The summed E-state index contributed by atoms with van der Waals surface area (Å²) in [6.07, 6.45) is 2.30. The quantitative estimate of drug-likeness (QED) is 0.167. The van der Waals surface area contributed by atoms with Gasteiger partial charge >= 0.3 is 10.3 Å². The number of hydrogen-bond donors (Lipinski definition) is 5. The molecule has 3 aromatic rings. The van der Waals surface area contributed by atoms with Crippen molar-refractivity contribution in [1.29, 1.82) is 0 Å². The molecule has 210 valence electrons. The standard InChI is InChI=1S/C24H26Cl2N4O7S2/c1-12(13-3-2-4-15(25)5-13)24(33,34)18-8-20(38-22(18)26)21(32)17-9-28-11-29-23(17)30-16-6-14(19(31)7-16)10-37-39(27,35)36/h2-5,8-9,11-12,14,16,19,31,33-34H,6-7,10H2,1H3,(H2,27,35,36)(H,28,29,30)/t12-,14-,16-,19+/m1/s1. The summed E-state index contributed by atoms with van der Waals surface area (Å²) in [5.41, 5.74) is 0.634.